The number of benzene rings is 2. The van der Waals surface area contributed by atoms with E-state index in [4.69, 9.17) is 17.3 Å². The number of rotatable bonds is 7. The van der Waals surface area contributed by atoms with E-state index in [1.165, 1.54) is 5.56 Å². The average Bonchev–Trinajstić information content (AvgIpc) is 2.97. The van der Waals surface area contributed by atoms with Crippen molar-refractivity contribution < 1.29 is 9.59 Å². The molecule has 29 heavy (non-hydrogen) atoms. The molecule has 0 atom stereocenters. The van der Waals surface area contributed by atoms with Gasteiger partial charge in [-0.2, -0.15) is 5.10 Å². The smallest absolute Gasteiger partial charge is 0.256 e. The van der Waals surface area contributed by atoms with Crippen molar-refractivity contribution in [2.45, 2.75) is 26.8 Å². The Hall–Kier alpha value is -3.12. The maximum atomic E-state index is 12.6. The highest BCUT2D eigenvalue weighted by atomic mass is 35.5. The molecule has 0 bridgehead atoms. The first kappa shape index (κ1) is 20.6. The number of nitrogens with zero attached hydrogens (tertiary/aromatic N) is 2. The van der Waals surface area contributed by atoms with Gasteiger partial charge in [0.2, 0.25) is 5.91 Å². The summed E-state index contributed by atoms with van der Waals surface area (Å²) in [5.41, 5.74) is 9.86. The number of aryl methyl sites for hydroxylation is 2. The molecule has 1 aromatic heterocycles. The number of primary amides is 1. The number of amides is 2. The van der Waals surface area contributed by atoms with Gasteiger partial charge in [-0.3, -0.25) is 9.59 Å². The van der Waals surface area contributed by atoms with Crippen LogP contribution in [-0.4, -0.2) is 28.1 Å². The van der Waals surface area contributed by atoms with Crippen molar-refractivity contribution in [3.05, 3.63) is 87.2 Å². The fourth-order valence-corrected chi connectivity index (χ4v) is 3.39. The molecule has 0 spiro atoms. The zero-order chi connectivity index (χ0) is 21.0. The van der Waals surface area contributed by atoms with Gasteiger partial charge in [-0.1, -0.05) is 53.6 Å². The third-order valence-electron chi connectivity index (χ3n) is 4.66. The summed E-state index contributed by atoms with van der Waals surface area (Å²) in [7, 11) is 0. The maximum absolute atomic E-state index is 12.6. The van der Waals surface area contributed by atoms with Gasteiger partial charge >= 0.3 is 0 Å². The molecule has 1 heterocycles. The van der Waals surface area contributed by atoms with Gasteiger partial charge in [0.15, 0.2) is 0 Å². The van der Waals surface area contributed by atoms with Crippen molar-refractivity contribution in [3.8, 4) is 0 Å². The van der Waals surface area contributed by atoms with Crippen LogP contribution in [0.4, 0.5) is 0 Å². The number of nitrogens with one attached hydrogen (secondary N) is 1. The second-order valence-corrected chi connectivity index (χ2v) is 7.32. The number of nitrogens with two attached hydrogens (primary N) is 1. The first-order chi connectivity index (χ1) is 13.8. The molecule has 7 heteroatoms. The number of hydrogen-bond donors (Lipinski definition) is 2. The summed E-state index contributed by atoms with van der Waals surface area (Å²) in [6, 6.07) is 15.1. The first-order valence-corrected chi connectivity index (χ1v) is 9.68. The van der Waals surface area contributed by atoms with Gasteiger partial charge in [-0.15, -0.1) is 0 Å². The Bertz CT molecular complexity index is 1040. The van der Waals surface area contributed by atoms with E-state index in [9.17, 15) is 9.59 Å². The van der Waals surface area contributed by atoms with Crippen LogP contribution in [0.3, 0.4) is 0 Å². The summed E-state index contributed by atoms with van der Waals surface area (Å²) in [6.07, 6.45) is 0.570. The van der Waals surface area contributed by atoms with Crippen LogP contribution in [0.1, 0.15) is 43.1 Å². The molecule has 0 saturated carbocycles. The van der Waals surface area contributed by atoms with Gasteiger partial charge in [0, 0.05) is 12.1 Å². The van der Waals surface area contributed by atoms with Crippen LogP contribution in [0.25, 0.3) is 0 Å². The topological polar surface area (TPSA) is 90.0 Å². The molecule has 0 fully saturated rings. The van der Waals surface area contributed by atoms with E-state index in [2.05, 4.69) is 10.4 Å². The fourth-order valence-electron chi connectivity index (χ4n) is 3.07. The first-order valence-electron chi connectivity index (χ1n) is 9.30. The molecule has 0 radical (unpaired) electrons. The molecule has 3 rings (SSSR count). The minimum Gasteiger partial charge on any atom is -0.366 e. The van der Waals surface area contributed by atoms with Gasteiger partial charge in [0.05, 0.1) is 17.8 Å². The SMILES string of the molecule is Cc1ccc(Cn2nc(C)c(C(=O)NCCc3cccc(C(N)=O)c3)c2Cl)cc1. The van der Waals surface area contributed by atoms with E-state index in [1.54, 1.807) is 29.8 Å². The Morgan fingerprint density at radius 1 is 1.10 bits per heavy atom. The number of carbonyl (C=O) groups is 2. The van der Waals surface area contributed by atoms with E-state index >= 15 is 0 Å². The Morgan fingerprint density at radius 3 is 2.52 bits per heavy atom. The summed E-state index contributed by atoms with van der Waals surface area (Å²) in [5, 5.41) is 7.60. The molecule has 2 aromatic carbocycles. The predicted octanol–water partition coefficient (Wildman–Crippen LogP) is 3.27. The summed E-state index contributed by atoms with van der Waals surface area (Å²) in [4.78, 5) is 23.9. The number of halogens is 1. The number of aromatic nitrogens is 2. The third kappa shape index (κ3) is 5.03. The summed E-state index contributed by atoms with van der Waals surface area (Å²) >= 11 is 6.45. The van der Waals surface area contributed by atoms with Crippen molar-refractivity contribution in [2.75, 3.05) is 6.54 Å². The normalized spacial score (nSPS) is 10.7. The van der Waals surface area contributed by atoms with Crippen LogP contribution >= 0.6 is 11.6 Å². The standard InChI is InChI=1S/C22H23ClN4O2/c1-14-6-8-17(9-7-14)13-27-20(23)19(15(2)26-27)22(29)25-11-10-16-4-3-5-18(12-16)21(24)28/h3-9,12H,10-11,13H2,1-2H3,(H2,24,28)(H,25,29). The fraction of sp³-hybridized carbons (Fsp3) is 0.227. The molecule has 0 unspecified atom stereocenters. The Balaban J connectivity index is 1.65. The quantitative estimate of drug-likeness (QED) is 0.626. The molecule has 6 nitrogen and oxygen atoms in total. The average molecular weight is 411 g/mol. The number of carbonyl (C=O) groups excluding carboxylic acids is 2. The second kappa shape index (κ2) is 8.92. The third-order valence-corrected chi connectivity index (χ3v) is 5.04. The van der Waals surface area contributed by atoms with Crippen LogP contribution in [0.15, 0.2) is 48.5 Å². The van der Waals surface area contributed by atoms with Crippen LogP contribution in [0.2, 0.25) is 5.15 Å². The van der Waals surface area contributed by atoms with Crippen molar-refractivity contribution >= 4 is 23.4 Å². The molecular formula is C22H23ClN4O2. The van der Waals surface area contributed by atoms with Crippen LogP contribution in [0.5, 0.6) is 0 Å². The van der Waals surface area contributed by atoms with Gasteiger partial charge in [0.25, 0.3) is 5.91 Å². The zero-order valence-electron chi connectivity index (χ0n) is 16.4. The van der Waals surface area contributed by atoms with Gasteiger partial charge < -0.3 is 11.1 Å². The van der Waals surface area contributed by atoms with E-state index in [1.807, 2.05) is 37.3 Å². The zero-order valence-corrected chi connectivity index (χ0v) is 17.2. The highest BCUT2D eigenvalue weighted by Crippen LogP contribution is 2.21. The summed E-state index contributed by atoms with van der Waals surface area (Å²) in [6.45, 7) is 4.69. The van der Waals surface area contributed by atoms with E-state index in [-0.39, 0.29) is 5.91 Å². The largest absolute Gasteiger partial charge is 0.366 e. The lowest BCUT2D eigenvalue weighted by Crippen LogP contribution is -2.26. The van der Waals surface area contributed by atoms with Gasteiger partial charge in [0.1, 0.15) is 5.15 Å². The van der Waals surface area contributed by atoms with E-state index < -0.39 is 5.91 Å². The monoisotopic (exact) mass is 410 g/mol. The van der Waals surface area contributed by atoms with Gasteiger partial charge in [-0.05, 0) is 43.5 Å². The minimum atomic E-state index is -0.473. The van der Waals surface area contributed by atoms with Crippen molar-refractivity contribution in [1.29, 1.82) is 0 Å². The molecule has 2 amide bonds. The summed E-state index contributed by atoms with van der Waals surface area (Å²) in [5.74, 6) is -0.743. The van der Waals surface area contributed by atoms with E-state index in [0.717, 1.165) is 11.1 Å². The highest BCUT2D eigenvalue weighted by Gasteiger charge is 2.20. The lowest BCUT2D eigenvalue weighted by molar-refractivity contribution is 0.0952. The predicted molar refractivity (Wildman–Crippen MR) is 113 cm³/mol. The lowest BCUT2D eigenvalue weighted by atomic mass is 10.1. The van der Waals surface area contributed by atoms with Crippen molar-refractivity contribution in [1.82, 2.24) is 15.1 Å². The molecule has 0 aliphatic heterocycles. The molecule has 0 saturated heterocycles. The van der Waals surface area contributed by atoms with Crippen molar-refractivity contribution in [3.63, 3.8) is 0 Å². The molecule has 150 valence electrons. The van der Waals surface area contributed by atoms with Gasteiger partial charge in [-0.25, -0.2) is 4.68 Å². The molecule has 3 N–H and O–H groups in total. The van der Waals surface area contributed by atoms with Crippen LogP contribution < -0.4 is 11.1 Å². The summed E-state index contributed by atoms with van der Waals surface area (Å²) < 4.78 is 1.63. The molecule has 0 aliphatic carbocycles. The Kier molecular flexibility index (Phi) is 6.34. The highest BCUT2D eigenvalue weighted by molar-refractivity contribution is 6.33. The minimum absolute atomic E-state index is 0.270. The molecule has 3 aromatic rings. The van der Waals surface area contributed by atoms with E-state index in [0.29, 0.717) is 41.5 Å². The van der Waals surface area contributed by atoms with Crippen LogP contribution in [0, 0.1) is 13.8 Å². The van der Waals surface area contributed by atoms with Crippen molar-refractivity contribution in [2.24, 2.45) is 5.73 Å². The maximum Gasteiger partial charge on any atom is 0.256 e. The number of hydrogen-bond acceptors (Lipinski definition) is 3. The van der Waals surface area contributed by atoms with Crippen LogP contribution in [-0.2, 0) is 13.0 Å². The Labute approximate surface area is 174 Å². The lowest BCUT2D eigenvalue weighted by Gasteiger charge is -2.07. The Morgan fingerprint density at radius 2 is 1.83 bits per heavy atom. The second-order valence-electron chi connectivity index (χ2n) is 6.96. The molecule has 0 aliphatic rings. The molecular weight excluding hydrogens is 388 g/mol.